The molecule has 1 aromatic heterocycles. The molecule has 2 aliphatic heterocycles. The summed E-state index contributed by atoms with van der Waals surface area (Å²) in [6.45, 7) is 6.94. The topological polar surface area (TPSA) is 45.7 Å². The van der Waals surface area contributed by atoms with Crippen LogP contribution >= 0.6 is 0 Å². The summed E-state index contributed by atoms with van der Waals surface area (Å²) in [7, 11) is 0. The third kappa shape index (κ3) is 5.02. The predicted octanol–water partition coefficient (Wildman–Crippen LogP) is 2.51. The molecule has 0 spiro atoms. The van der Waals surface area contributed by atoms with E-state index >= 15 is 0 Å². The minimum Gasteiger partial charge on any atom is -0.368 e. The van der Waals surface area contributed by atoms with Crippen LogP contribution in [0.2, 0.25) is 0 Å². The van der Waals surface area contributed by atoms with Gasteiger partial charge in [0.1, 0.15) is 6.10 Å². The molecule has 1 unspecified atom stereocenters. The lowest BCUT2D eigenvalue weighted by Crippen LogP contribution is -2.52. The molecule has 3 rings (SSSR count). The highest BCUT2D eigenvalue weighted by molar-refractivity contribution is 5.81. The molecule has 138 valence electrons. The van der Waals surface area contributed by atoms with Crippen molar-refractivity contribution >= 4 is 5.91 Å². The molecule has 0 bridgehead atoms. The summed E-state index contributed by atoms with van der Waals surface area (Å²) in [4.78, 5) is 22.1. The molecular formula is C20H31N3O2. The number of ether oxygens (including phenoxy) is 1. The van der Waals surface area contributed by atoms with Gasteiger partial charge in [-0.2, -0.15) is 0 Å². The van der Waals surface area contributed by atoms with Gasteiger partial charge >= 0.3 is 0 Å². The van der Waals surface area contributed by atoms with E-state index in [0.717, 1.165) is 77.0 Å². The van der Waals surface area contributed by atoms with Crippen molar-refractivity contribution in [3.63, 3.8) is 0 Å². The minimum atomic E-state index is -0.235. The first-order valence-electron chi connectivity index (χ1n) is 9.82. The average molecular weight is 345 g/mol. The summed E-state index contributed by atoms with van der Waals surface area (Å²) < 4.78 is 5.79. The van der Waals surface area contributed by atoms with Crippen molar-refractivity contribution in [1.82, 2.24) is 14.8 Å². The first-order valence-corrected chi connectivity index (χ1v) is 9.82. The van der Waals surface area contributed by atoms with Gasteiger partial charge in [0.05, 0.1) is 0 Å². The van der Waals surface area contributed by atoms with Crippen LogP contribution < -0.4 is 0 Å². The maximum absolute atomic E-state index is 13.1. The van der Waals surface area contributed by atoms with Crippen LogP contribution in [0.1, 0.15) is 44.7 Å². The molecule has 25 heavy (non-hydrogen) atoms. The molecule has 3 heterocycles. The monoisotopic (exact) mass is 345 g/mol. The molecule has 2 aliphatic rings. The first kappa shape index (κ1) is 18.3. The van der Waals surface area contributed by atoms with Gasteiger partial charge in [0.25, 0.3) is 5.91 Å². The Labute approximate surface area is 151 Å². The summed E-state index contributed by atoms with van der Waals surface area (Å²) in [5.41, 5.74) is 1.05. The van der Waals surface area contributed by atoms with Crippen LogP contribution in [0.5, 0.6) is 0 Å². The maximum Gasteiger partial charge on any atom is 0.251 e. The summed E-state index contributed by atoms with van der Waals surface area (Å²) >= 11 is 0. The number of pyridine rings is 1. The fraction of sp³-hybridized carbons (Fsp3) is 0.700. The lowest BCUT2D eigenvalue weighted by Gasteiger charge is -2.40. The molecule has 5 heteroatoms. The Morgan fingerprint density at radius 2 is 2.12 bits per heavy atom. The van der Waals surface area contributed by atoms with Gasteiger partial charge in [-0.15, -0.1) is 0 Å². The van der Waals surface area contributed by atoms with Gasteiger partial charge in [-0.1, -0.05) is 13.0 Å². The summed E-state index contributed by atoms with van der Waals surface area (Å²) in [5, 5.41) is 0. The highest BCUT2D eigenvalue weighted by atomic mass is 16.5. The highest BCUT2D eigenvalue weighted by Gasteiger charge is 2.32. The lowest BCUT2D eigenvalue weighted by molar-refractivity contribution is -0.149. The van der Waals surface area contributed by atoms with Crippen molar-refractivity contribution in [2.45, 2.75) is 57.6 Å². The lowest BCUT2D eigenvalue weighted by atomic mass is 10.00. The van der Waals surface area contributed by atoms with Crippen LogP contribution in [-0.4, -0.2) is 65.6 Å². The summed E-state index contributed by atoms with van der Waals surface area (Å²) in [5.74, 6) is 0.200. The quantitative estimate of drug-likeness (QED) is 0.795. The number of aromatic nitrogens is 1. The van der Waals surface area contributed by atoms with Crippen LogP contribution in [0, 0.1) is 0 Å². The average Bonchev–Trinajstić information content (AvgIpc) is 2.70. The Bertz CT molecular complexity index is 523. The van der Waals surface area contributed by atoms with E-state index in [1.54, 1.807) is 0 Å². The number of carbonyl (C=O) groups is 1. The zero-order chi connectivity index (χ0) is 17.5. The third-order valence-electron chi connectivity index (χ3n) is 5.52. The third-order valence-corrected chi connectivity index (χ3v) is 5.52. The number of hydrogen-bond donors (Lipinski definition) is 0. The van der Waals surface area contributed by atoms with Crippen molar-refractivity contribution in [1.29, 1.82) is 0 Å². The molecule has 0 saturated carbocycles. The minimum absolute atomic E-state index is 0.200. The second-order valence-corrected chi connectivity index (χ2v) is 7.12. The second kappa shape index (κ2) is 9.30. The molecule has 1 atom stereocenters. The fourth-order valence-electron chi connectivity index (χ4n) is 3.92. The van der Waals surface area contributed by atoms with Crippen LogP contribution in [0.25, 0.3) is 0 Å². The molecule has 0 aliphatic carbocycles. The number of piperidine rings is 1. The zero-order valence-electron chi connectivity index (χ0n) is 15.4. The summed E-state index contributed by atoms with van der Waals surface area (Å²) in [6, 6.07) is 6.32. The van der Waals surface area contributed by atoms with Crippen molar-refractivity contribution in [3.8, 4) is 0 Å². The molecule has 2 fully saturated rings. The van der Waals surface area contributed by atoms with E-state index in [0.29, 0.717) is 6.04 Å². The van der Waals surface area contributed by atoms with E-state index in [-0.39, 0.29) is 12.0 Å². The van der Waals surface area contributed by atoms with Gasteiger partial charge in [-0.05, 0) is 50.8 Å². The molecular weight excluding hydrogens is 314 g/mol. The van der Waals surface area contributed by atoms with Crippen molar-refractivity contribution in [2.24, 2.45) is 0 Å². The molecule has 2 saturated heterocycles. The van der Waals surface area contributed by atoms with Crippen molar-refractivity contribution < 1.29 is 9.53 Å². The van der Waals surface area contributed by atoms with Crippen LogP contribution in [0.3, 0.4) is 0 Å². The van der Waals surface area contributed by atoms with E-state index in [4.69, 9.17) is 4.74 Å². The second-order valence-electron chi connectivity index (χ2n) is 7.12. The van der Waals surface area contributed by atoms with Gasteiger partial charge < -0.3 is 14.5 Å². The fourth-order valence-corrected chi connectivity index (χ4v) is 3.92. The molecule has 0 radical (unpaired) electrons. The van der Waals surface area contributed by atoms with Gasteiger partial charge in [-0.25, -0.2) is 0 Å². The number of amides is 1. The van der Waals surface area contributed by atoms with Gasteiger partial charge in [0, 0.05) is 50.6 Å². The molecule has 0 N–H and O–H groups in total. The first-order chi connectivity index (χ1) is 12.3. The zero-order valence-corrected chi connectivity index (χ0v) is 15.4. The van der Waals surface area contributed by atoms with Crippen LogP contribution in [-0.2, 0) is 16.0 Å². The largest absolute Gasteiger partial charge is 0.368 e. The maximum atomic E-state index is 13.1. The number of nitrogens with zero attached hydrogens (tertiary/aromatic N) is 3. The molecule has 5 nitrogen and oxygen atoms in total. The van der Waals surface area contributed by atoms with Crippen LogP contribution in [0.15, 0.2) is 24.4 Å². The molecule has 0 aromatic carbocycles. The van der Waals surface area contributed by atoms with E-state index in [9.17, 15) is 4.79 Å². The smallest absolute Gasteiger partial charge is 0.251 e. The Morgan fingerprint density at radius 1 is 1.28 bits per heavy atom. The van der Waals surface area contributed by atoms with E-state index in [1.807, 2.05) is 24.4 Å². The number of rotatable bonds is 6. The Hall–Kier alpha value is -1.46. The Kier molecular flexibility index (Phi) is 6.82. The molecule has 1 amide bonds. The van der Waals surface area contributed by atoms with Gasteiger partial charge in [0.2, 0.25) is 0 Å². The summed E-state index contributed by atoms with van der Waals surface area (Å²) in [6.07, 6.45) is 7.57. The van der Waals surface area contributed by atoms with Crippen molar-refractivity contribution in [2.75, 3.05) is 32.8 Å². The van der Waals surface area contributed by atoms with E-state index in [2.05, 4.69) is 21.7 Å². The van der Waals surface area contributed by atoms with Crippen LogP contribution in [0.4, 0.5) is 0 Å². The van der Waals surface area contributed by atoms with E-state index < -0.39 is 0 Å². The Balaban J connectivity index is 1.65. The Morgan fingerprint density at radius 3 is 2.76 bits per heavy atom. The molecule has 1 aromatic rings. The number of carbonyl (C=O) groups excluding carboxylic acids is 1. The van der Waals surface area contributed by atoms with E-state index in [1.165, 1.54) is 0 Å². The number of hydrogen-bond acceptors (Lipinski definition) is 4. The standard InChI is InChI=1S/C20H31N3O2/c1-2-22-13-10-18(11-14-22)23(15-9-17-7-3-5-12-21-17)20(24)19-8-4-6-16-25-19/h3,5,7,12,18-19H,2,4,6,8-11,13-16H2,1H3. The normalized spacial score (nSPS) is 22.7. The predicted molar refractivity (Wildman–Crippen MR) is 98.4 cm³/mol. The SMILES string of the molecule is CCN1CCC(N(CCc2ccccn2)C(=O)C2CCCCO2)CC1. The van der Waals surface area contributed by atoms with Gasteiger partial charge in [0.15, 0.2) is 0 Å². The van der Waals surface area contributed by atoms with Gasteiger partial charge in [-0.3, -0.25) is 9.78 Å². The highest BCUT2D eigenvalue weighted by Crippen LogP contribution is 2.22. The number of likely N-dealkylation sites (tertiary alicyclic amines) is 1. The van der Waals surface area contributed by atoms with Crippen molar-refractivity contribution in [3.05, 3.63) is 30.1 Å².